The molecule has 0 unspecified atom stereocenters. The second-order valence-electron chi connectivity index (χ2n) is 6.10. The van der Waals surface area contributed by atoms with Crippen LogP contribution in [0, 0.1) is 6.92 Å². The highest BCUT2D eigenvalue weighted by molar-refractivity contribution is 7.15. The van der Waals surface area contributed by atoms with Crippen molar-refractivity contribution in [1.29, 1.82) is 0 Å². The molecule has 1 rings (SSSR count). The van der Waals surface area contributed by atoms with Crippen LogP contribution in [0.15, 0.2) is 0 Å². The van der Waals surface area contributed by atoms with E-state index in [1.165, 1.54) is 0 Å². The van der Waals surface area contributed by atoms with Crippen molar-refractivity contribution in [2.75, 3.05) is 5.32 Å². The van der Waals surface area contributed by atoms with Crippen LogP contribution in [-0.4, -0.2) is 62.9 Å². The quantitative estimate of drug-likeness (QED) is 0.287. The van der Waals surface area contributed by atoms with Crippen LogP contribution < -0.4 is 5.32 Å². The molecule has 0 atom stereocenters. The molecule has 1 amide bonds. The average molecular weight is 578 g/mol. The van der Waals surface area contributed by atoms with Gasteiger partial charge in [0.15, 0.2) is 0 Å². The molecular weight excluding hydrogens is 574 g/mol. The Morgan fingerprint density at radius 3 is 1.35 bits per heavy atom. The zero-order chi connectivity index (χ0) is 27.6. The molecule has 0 saturated carbocycles. The summed E-state index contributed by atoms with van der Waals surface area (Å²) in [6.45, 7) is 1.07. The van der Waals surface area contributed by atoms with Crippen LogP contribution >= 0.6 is 22.9 Å². The molecule has 0 aliphatic rings. The van der Waals surface area contributed by atoms with Crippen LogP contribution in [0.25, 0.3) is 0 Å². The molecule has 0 aliphatic carbocycles. The van der Waals surface area contributed by atoms with Crippen LogP contribution in [0.2, 0.25) is 0 Å². The Morgan fingerprint density at radius 2 is 1.03 bits per heavy atom. The molecule has 1 N–H and O–H groups in total. The molecule has 1 aromatic rings. The molecule has 1 heterocycles. The standard InChI is InChI=1S/C12H4ClF16N3OS/c1-2-31-32-4(34-2)30-3(33)5(14,15)6(16,17)7(18,19)8(20,21)9(22,23)10(24,25)11(26,27)12(13,28)29/h1H3,(H,30,32,33). The van der Waals surface area contributed by atoms with Crippen molar-refractivity contribution >= 4 is 34.0 Å². The van der Waals surface area contributed by atoms with Gasteiger partial charge >= 0.3 is 52.7 Å². The van der Waals surface area contributed by atoms with Crippen molar-refractivity contribution < 1.29 is 75.0 Å². The third-order valence-electron chi connectivity index (χ3n) is 3.75. The van der Waals surface area contributed by atoms with E-state index in [0.29, 0.717) is 5.32 Å². The molecule has 22 heteroatoms. The number of anilines is 1. The maximum Gasteiger partial charge on any atom is 0.393 e. The highest BCUT2D eigenvalue weighted by atomic mass is 35.5. The van der Waals surface area contributed by atoms with Crippen molar-refractivity contribution in [3.63, 3.8) is 0 Å². The fourth-order valence-corrected chi connectivity index (χ4v) is 2.53. The molecule has 1 aromatic heterocycles. The molecule has 0 radical (unpaired) electrons. The molecular formula is C12H4ClF16N3OS. The van der Waals surface area contributed by atoms with Gasteiger partial charge in [-0.1, -0.05) is 11.3 Å². The molecule has 34 heavy (non-hydrogen) atoms. The van der Waals surface area contributed by atoms with Crippen LogP contribution in [0.3, 0.4) is 0 Å². The highest BCUT2D eigenvalue weighted by Crippen LogP contribution is 2.64. The third kappa shape index (κ3) is 4.00. The van der Waals surface area contributed by atoms with Crippen molar-refractivity contribution in [3.05, 3.63) is 5.01 Å². The van der Waals surface area contributed by atoms with Gasteiger partial charge in [-0.15, -0.1) is 10.2 Å². The first-order valence-electron chi connectivity index (χ1n) is 7.47. The number of halogens is 17. The van der Waals surface area contributed by atoms with Crippen LogP contribution in [0.1, 0.15) is 5.01 Å². The zero-order valence-electron chi connectivity index (χ0n) is 15.1. The minimum absolute atomic E-state index is 0.114. The summed E-state index contributed by atoms with van der Waals surface area (Å²) < 4.78 is 213. The molecule has 4 nitrogen and oxygen atoms in total. The number of hydrogen-bond acceptors (Lipinski definition) is 4. The minimum atomic E-state index is -8.64. The summed E-state index contributed by atoms with van der Waals surface area (Å²) >= 11 is 3.52. The lowest BCUT2D eigenvalue weighted by Crippen LogP contribution is -2.75. The van der Waals surface area contributed by atoms with E-state index in [-0.39, 0.29) is 16.3 Å². The first-order valence-corrected chi connectivity index (χ1v) is 8.67. The lowest BCUT2D eigenvalue weighted by atomic mass is 9.89. The molecule has 0 bridgehead atoms. The summed E-state index contributed by atoms with van der Waals surface area (Å²) in [5.41, 5.74) is 0. The van der Waals surface area contributed by atoms with Crippen molar-refractivity contribution in [2.24, 2.45) is 0 Å². The van der Waals surface area contributed by atoms with Gasteiger partial charge in [-0.05, 0) is 18.5 Å². The number of amides is 1. The van der Waals surface area contributed by atoms with Crippen LogP contribution in [0.5, 0.6) is 0 Å². The van der Waals surface area contributed by atoms with E-state index in [0.717, 1.165) is 6.92 Å². The second kappa shape index (κ2) is 8.12. The number of aryl methyl sites for hydroxylation is 1. The number of rotatable bonds is 9. The minimum Gasteiger partial charge on any atom is -0.295 e. The first kappa shape index (κ1) is 30.2. The van der Waals surface area contributed by atoms with E-state index in [2.05, 4.69) is 21.8 Å². The Morgan fingerprint density at radius 1 is 0.676 bits per heavy atom. The molecule has 0 aliphatic heterocycles. The van der Waals surface area contributed by atoms with Gasteiger partial charge in [-0.3, -0.25) is 10.1 Å². The Kier molecular flexibility index (Phi) is 7.22. The van der Waals surface area contributed by atoms with Gasteiger partial charge in [-0.25, -0.2) is 0 Å². The summed E-state index contributed by atoms with van der Waals surface area (Å²) in [6, 6.07) is 0. The summed E-state index contributed by atoms with van der Waals surface area (Å²) in [6.07, 6.45) is 0. The van der Waals surface area contributed by atoms with Crippen LogP contribution in [0.4, 0.5) is 75.4 Å². The second-order valence-corrected chi connectivity index (χ2v) is 7.76. The van der Waals surface area contributed by atoms with E-state index in [9.17, 15) is 75.0 Å². The Bertz CT molecular complexity index is 927. The number of carbonyl (C=O) groups is 1. The first-order chi connectivity index (χ1) is 14.6. The van der Waals surface area contributed by atoms with Gasteiger partial charge in [0, 0.05) is 0 Å². The molecule has 0 aromatic carbocycles. The summed E-state index contributed by atoms with van der Waals surface area (Å²) in [7, 11) is 0. The summed E-state index contributed by atoms with van der Waals surface area (Å²) in [5, 5.41) is -1.66. The van der Waals surface area contributed by atoms with Crippen molar-refractivity contribution in [2.45, 2.75) is 53.8 Å². The van der Waals surface area contributed by atoms with Crippen molar-refractivity contribution in [3.8, 4) is 0 Å². The van der Waals surface area contributed by atoms with Gasteiger partial charge in [0.1, 0.15) is 5.01 Å². The fraction of sp³-hybridized carbons (Fsp3) is 0.750. The van der Waals surface area contributed by atoms with Crippen molar-refractivity contribution in [1.82, 2.24) is 10.2 Å². The van der Waals surface area contributed by atoms with E-state index in [4.69, 9.17) is 0 Å². The lowest BCUT2D eigenvalue weighted by molar-refractivity contribution is -0.445. The number of hydrogen-bond donors (Lipinski definition) is 1. The van der Waals surface area contributed by atoms with E-state index in [1.54, 1.807) is 0 Å². The number of nitrogens with one attached hydrogen (secondary N) is 1. The topological polar surface area (TPSA) is 54.9 Å². The molecule has 0 saturated heterocycles. The predicted octanol–water partition coefficient (Wildman–Crippen LogP) is 6.06. The van der Waals surface area contributed by atoms with Gasteiger partial charge in [0.25, 0.3) is 0 Å². The SMILES string of the molecule is Cc1nnc(NC(=O)C(F)(F)C(F)(F)C(F)(F)C(F)(F)C(F)(F)C(F)(F)C(F)(F)C(F)(F)Cl)s1. The van der Waals surface area contributed by atoms with E-state index in [1.807, 2.05) is 0 Å². The highest BCUT2D eigenvalue weighted by Gasteiger charge is 2.95. The monoisotopic (exact) mass is 577 g/mol. The van der Waals surface area contributed by atoms with Gasteiger partial charge in [0.05, 0.1) is 0 Å². The van der Waals surface area contributed by atoms with Gasteiger partial charge < -0.3 is 0 Å². The molecule has 0 spiro atoms. The van der Waals surface area contributed by atoms with E-state index >= 15 is 0 Å². The average Bonchev–Trinajstić information content (AvgIpc) is 3.04. The number of aromatic nitrogens is 2. The fourth-order valence-electron chi connectivity index (χ4n) is 1.83. The summed E-state index contributed by atoms with van der Waals surface area (Å²) in [5.74, 6) is -60.7. The zero-order valence-corrected chi connectivity index (χ0v) is 16.7. The van der Waals surface area contributed by atoms with Gasteiger partial charge in [0.2, 0.25) is 5.13 Å². The third-order valence-corrected chi connectivity index (χ3v) is 4.75. The Hall–Kier alpha value is -1.80. The largest absolute Gasteiger partial charge is 0.393 e. The Labute approximate surface area is 184 Å². The predicted molar refractivity (Wildman–Crippen MR) is 78.7 cm³/mol. The summed E-state index contributed by atoms with van der Waals surface area (Å²) in [4.78, 5) is 11.2. The van der Waals surface area contributed by atoms with Crippen LogP contribution in [-0.2, 0) is 4.79 Å². The number of carbonyl (C=O) groups excluding carboxylic acids is 1. The molecule has 198 valence electrons. The number of nitrogens with zero attached hydrogens (tertiary/aromatic N) is 2. The maximum absolute atomic E-state index is 13.7. The smallest absolute Gasteiger partial charge is 0.295 e. The Balaban J connectivity index is 3.57. The number of alkyl halides is 17. The van der Waals surface area contributed by atoms with E-state index < -0.39 is 57.9 Å². The normalized spacial score (nSPS) is 15.5. The van der Waals surface area contributed by atoms with Gasteiger partial charge in [-0.2, -0.15) is 70.2 Å². The maximum atomic E-state index is 13.7. The molecule has 0 fully saturated rings. The lowest BCUT2D eigenvalue weighted by Gasteiger charge is -2.42.